The molecule has 0 aromatic heterocycles. The summed E-state index contributed by atoms with van der Waals surface area (Å²) >= 11 is 0. The van der Waals surface area contributed by atoms with Crippen LogP contribution in [-0.2, 0) is 9.47 Å². The minimum Gasteiger partial charge on any atom is -0.414 e. The number of terminal acetylenes is 1. The zero-order chi connectivity index (χ0) is 10.8. The molecular weight excluding hydrogens is 188 g/mol. The molecule has 0 spiro atoms. The molecule has 0 N–H and O–H groups in total. The summed E-state index contributed by atoms with van der Waals surface area (Å²) in [5.41, 5.74) is 0. The van der Waals surface area contributed by atoms with Crippen LogP contribution < -0.4 is 0 Å². The second-order valence-corrected chi connectivity index (χ2v) is 3.60. The van der Waals surface area contributed by atoms with Gasteiger partial charge in [-0.25, -0.2) is 0 Å². The van der Waals surface area contributed by atoms with Crippen molar-refractivity contribution in [3.63, 3.8) is 0 Å². The van der Waals surface area contributed by atoms with Crippen LogP contribution in [-0.4, -0.2) is 12.9 Å². The Kier molecular flexibility index (Phi) is 6.54. The molecule has 1 aliphatic heterocycles. The fraction of sp³-hybridized carbons (Fsp3) is 0.692. The molecule has 0 bridgehead atoms. The third-order valence-corrected chi connectivity index (χ3v) is 2.27. The minimum atomic E-state index is -0.100. The molecule has 82 valence electrons. The van der Waals surface area contributed by atoms with Crippen molar-refractivity contribution in [2.45, 2.75) is 51.2 Å². The van der Waals surface area contributed by atoms with Gasteiger partial charge in [-0.2, -0.15) is 0 Å². The van der Waals surface area contributed by atoms with Crippen molar-refractivity contribution in [1.29, 1.82) is 0 Å². The molecular formula is C13H18O2. The van der Waals surface area contributed by atoms with Gasteiger partial charge in [-0.15, -0.1) is 12.3 Å². The Hall–Kier alpha value is -1.12. The van der Waals surface area contributed by atoms with Gasteiger partial charge in [0.15, 0.2) is 0 Å². The van der Waals surface area contributed by atoms with Crippen molar-refractivity contribution in [3.05, 3.63) is 0 Å². The minimum absolute atomic E-state index is 0.100. The van der Waals surface area contributed by atoms with Gasteiger partial charge in [-0.3, -0.25) is 0 Å². The molecule has 1 saturated heterocycles. The molecule has 1 unspecified atom stereocenters. The standard InChI is InChI=1S/C13H18O2/c1-2-3-4-5-6-8-11-14-13-10-7-9-12-15-13/h1,13H,3-7,9-10,12H2. The van der Waals surface area contributed by atoms with Crippen molar-refractivity contribution in [1.82, 2.24) is 0 Å². The van der Waals surface area contributed by atoms with Gasteiger partial charge < -0.3 is 9.47 Å². The van der Waals surface area contributed by atoms with Gasteiger partial charge in [0.1, 0.15) is 6.11 Å². The predicted molar refractivity (Wildman–Crippen MR) is 59.8 cm³/mol. The summed E-state index contributed by atoms with van der Waals surface area (Å²) < 4.78 is 10.6. The molecule has 1 rings (SSSR count). The van der Waals surface area contributed by atoms with Gasteiger partial charge in [0.25, 0.3) is 0 Å². The molecule has 2 heteroatoms. The SMILES string of the molecule is C#CCCCCC#COC1CCCCO1. The highest BCUT2D eigenvalue weighted by atomic mass is 16.7. The van der Waals surface area contributed by atoms with Gasteiger partial charge in [0.2, 0.25) is 6.29 Å². The molecule has 0 saturated carbocycles. The summed E-state index contributed by atoms with van der Waals surface area (Å²) in [5.74, 6) is 5.58. The van der Waals surface area contributed by atoms with Crippen LogP contribution in [0.3, 0.4) is 0 Å². The lowest BCUT2D eigenvalue weighted by atomic mass is 10.2. The molecule has 0 radical (unpaired) electrons. The second kappa shape index (κ2) is 8.21. The Bertz CT molecular complexity index is 248. The molecule has 1 atom stereocenters. The van der Waals surface area contributed by atoms with Crippen LogP contribution in [0.15, 0.2) is 0 Å². The quantitative estimate of drug-likeness (QED) is 0.520. The summed E-state index contributed by atoms with van der Waals surface area (Å²) in [5, 5.41) is 0. The third-order valence-electron chi connectivity index (χ3n) is 2.27. The Morgan fingerprint density at radius 1 is 1.27 bits per heavy atom. The number of rotatable bonds is 4. The van der Waals surface area contributed by atoms with Gasteiger partial charge in [0.05, 0.1) is 6.61 Å². The van der Waals surface area contributed by atoms with E-state index < -0.39 is 0 Å². The summed E-state index contributed by atoms with van der Waals surface area (Å²) in [4.78, 5) is 0. The lowest BCUT2D eigenvalue weighted by molar-refractivity contribution is -0.121. The number of ether oxygens (including phenoxy) is 2. The van der Waals surface area contributed by atoms with Crippen LogP contribution >= 0.6 is 0 Å². The highest BCUT2D eigenvalue weighted by Crippen LogP contribution is 2.12. The first kappa shape index (κ1) is 12.0. The molecule has 0 aromatic carbocycles. The van der Waals surface area contributed by atoms with Crippen molar-refractivity contribution in [2.75, 3.05) is 6.61 Å². The van der Waals surface area contributed by atoms with Crippen molar-refractivity contribution >= 4 is 0 Å². The average molecular weight is 206 g/mol. The lowest BCUT2D eigenvalue weighted by Crippen LogP contribution is -2.20. The molecule has 15 heavy (non-hydrogen) atoms. The molecule has 1 heterocycles. The molecule has 1 fully saturated rings. The normalized spacial score (nSPS) is 19.8. The zero-order valence-corrected chi connectivity index (χ0v) is 9.13. The largest absolute Gasteiger partial charge is 0.414 e. The number of hydrogen-bond donors (Lipinski definition) is 0. The summed E-state index contributed by atoms with van der Waals surface area (Å²) in [6.07, 6.45) is 14.8. The molecule has 0 amide bonds. The summed E-state index contributed by atoms with van der Waals surface area (Å²) in [7, 11) is 0. The van der Waals surface area contributed by atoms with Gasteiger partial charge in [0, 0.05) is 19.3 Å². The Morgan fingerprint density at radius 3 is 2.87 bits per heavy atom. The summed E-state index contributed by atoms with van der Waals surface area (Å²) in [6, 6.07) is 0. The maximum absolute atomic E-state index is 5.37. The van der Waals surface area contributed by atoms with E-state index in [1.165, 1.54) is 6.42 Å². The van der Waals surface area contributed by atoms with E-state index in [-0.39, 0.29) is 6.29 Å². The van der Waals surface area contributed by atoms with E-state index >= 15 is 0 Å². The van der Waals surface area contributed by atoms with E-state index in [2.05, 4.69) is 17.9 Å². The number of hydrogen-bond acceptors (Lipinski definition) is 2. The molecule has 1 aliphatic rings. The fourth-order valence-electron chi connectivity index (χ4n) is 1.40. The first-order chi connectivity index (χ1) is 7.43. The Labute approximate surface area is 92.3 Å². The van der Waals surface area contributed by atoms with Crippen molar-refractivity contribution in [3.8, 4) is 24.4 Å². The Balaban J connectivity index is 1.98. The van der Waals surface area contributed by atoms with E-state index in [1.807, 2.05) is 0 Å². The van der Waals surface area contributed by atoms with E-state index in [4.69, 9.17) is 15.9 Å². The maximum atomic E-state index is 5.37. The van der Waals surface area contributed by atoms with E-state index in [0.29, 0.717) is 0 Å². The first-order valence-corrected chi connectivity index (χ1v) is 5.62. The highest BCUT2D eigenvalue weighted by Gasteiger charge is 2.12. The second-order valence-electron chi connectivity index (χ2n) is 3.60. The first-order valence-electron chi connectivity index (χ1n) is 5.62. The topological polar surface area (TPSA) is 18.5 Å². The van der Waals surface area contributed by atoms with Gasteiger partial charge >= 0.3 is 0 Å². The summed E-state index contributed by atoms with van der Waals surface area (Å²) in [6.45, 7) is 0.800. The average Bonchev–Trinajstić information content (AvgIpc) is 2.29. The van der Waals surface area contributed by atoms with Crippen LogP contribution in [0.25, 0.3) is 0 Å². The smallest absolute Gasteiger partial charge is 0.210 e. The van der Waals surface area contributed by atoms with Crippen LogP contribution in [0.4, 0.5) is 0 Å². The van der Waals surface area contributed by atoms with Crippen molar-refractivity contribution < 1.29 is 9.47 Å². The highest BCUT2D eigenvalue weighted by molar-refractivity contribution is 4.92. The van der Waals surface area contributed by atoms with E-state index in [0.717, 1.165) is 45.1 Å². The van der Waals surface area contributed by atoms with Crippen LogP contribution in [0.5, 0.6) is 0 Å². The number of unbranched alkanes of at least 4 members (excludes halogenated alkanes) is 3. The van der Waals surface area contributed by atoms with Crippen LogP contribution in [0.1, 0.15) is 44.9 Å². The van der Waals surface area contributed by atoms with Crippen LogP contribution in [0, 0.1) is 24.4 Å². The van der Waals surface area contributed by atoms with Gasteiger partial charge in [-0.1, -0.05) is 5.92 Å². The van der Waals surface area contributed by atoms with E-state index in [9.17, 15) is 0 Å². The van der Waals surface area contributed by atoms with Gasteiger partial charge in [-0.05, 0) is 25.7 Å². The van der Waals surface area contributed by atoms with Crippen molar-refractivity contribution in [2.24, 2.45) is 0 Å². The maximum Gasteiger partial charge on any atom is 0.210 e. The Morgan fingerprint density at radius 2 is 2.13 bits per heavy atom. The fourth-order valence-corrected chi connectivity index (χ4v) is 1.40. The van der Waals surface area contributed by atoms with Crippen LogP contribution in [0.2, 0.25) is 0 Å². The predicted octanol–water partition coefficient (Wildman–Crippen LogP) is 2.68. The third kappa shape index (κ3) is 6.05. The molecule has 0 aromatic rings. The zero-order valence-electron chi connectivity index (χ0n) is 9.13. The molecule has 0 aliphatic carbocycles. The lowest BCUT2D eigenvalue weighted by Gasteiger charge is -2.19. The van der Waals surface area contributed by atoms with E-state index in [1.54, 1.807) is 0 Å². The monoisotopic (exact) mass is 206 g/mol. The molecule has 2 nitrogen and oxygen atoms in total.